The van der Waals surface area contributed by atoms with Crippen molar-refractivity contribution in [3.05, 3.63) is 29.3 Å². The summed E-state index contributed by atoms with van der Waals surface area (Å²) in [5.74, 6) is -0.387. The molecule has 1 saturated carbocycles. The number of rotatable bonds is 4. The standard InChI is InChI=1S/C16H18Cl3N3O2/c17-12-3-1-2-4-13(12)20-14(23)10-21-5-7-22(8-6-21)15(24)11-9-16(11,18)19/h1-4,11H,5-10H2,(H,20,23). The van der Waals surface area contributed by atoms with Crippen LogP contribution in [0.1, 0.15) is 6.42 Å². The predicted molar refractivity (Wildman–Crippen MR) is 95.6 cm³/mol. The third kappa shape index (κ3) is 4.14. The lowest BCUT2D eigenvalue weighted by Gasteiger charge is -2.34. The first-order chi connectivity index (χ1) is 11.4. The van der Waals surface area contributed by atoms with E-state index in [2.05, 4.69) is 5.32 Å². The van der Waals surface area contributed by atoms with E-state index in [4.69, 9.17) is 34.8 Å². The van der Waals surface area contributed by atoms with Gasteiger partial charge < -0.3 is 10.2 Å². The van der Waals surface area contributed by atoms with Gasteiger partial charge in [-0.25, -0.2) is 0 Å². The third-order valence-electron chi connectivity index (χ3n) is 4.32. The van der Waals surface area contributed by atoms with Crippen LogP contribution in [0.3, 0.4) is 0 Å². The number of halogens is 3. The number of hydrogen-bond acceptors (Lipinski definition) is 3. The molecule has 2 amide bonds. The highest BCUT2D eigenvalue weighted by atomic mass is 35.5. The summed E-state index contributed by atoms with van der Waals surface area (Å²) in [6.07, 6.45) is 0.523. The molecule has 0 aromatic heterocycles. The number of amides is 2. The van der Waals surface area contributed by atoms with Crippen molar-refractivity contribution in [2.24, 2.45) is 5.92 Å². The molecule has 24 heavy (non-hydrogen) atoms. The molecule has 2 aliphatic rings. The maximum Gasteiger partial charge on any atom is 0.238 e. The van der Waals surface area contributed by atoms with Crippen LogP contribution in [0, 0.1) is 5.92 Å². The van der Waals surface area contributed by atoms with E-state index in [9.17, 15) is 9.59 Å². The van der Waals surface area contributed by atoms with Crippen LogP contribution in [0.5, 0.6) is 0 Å². The van der Waals surface area contributed by atoms with Crippen molar-refractivity contribution in [3.8, 4) is 0 Å². The summed E-state index contributed by atoms with van der Waals surface area (Å²) < 4.78 is -0.886. The van der Waals surface area contributed by atoms with Gasteiger partial charge in [-0.15, -0.1) is 23.2 Å². The summed E-state index contributed by atoms with van der Waals surface area (Å²) in [7, 11) is 0. The Bertz CT molecular complexity index is 645. The number of nitrogens with one attached hydrogen (secondary N) is 1. The highest BCUT2D eigenvalue weighted by Gasteiger charge is 2.57. The molecular weight excluding hydrogens is 373 g/mol. The molecule has 5 nitrogen and oxygen atoms in total. The van der Waals surface area contributed by atoms with E-state index in [1.165, 1.54) is 0 Å². The SMILES string of the molecule is O=C(CN1CCN(C(=O)C2CC2(Cl)Cl)CC1)Nc1ccccc1Cl. The topological polar surface area (TPSA) is 52.7 Å². The molecule has 1 unspecified atom stereocenters. The summed E-state index contributed by atoms with van der Waals surface area (Å²) in [6, 6.07) is 7.12. The highest BCUT2D eigenvalue weighted by Crippen LogP contribution is 2.53. The molecule has 1 atom stereocenters. The Balaban J connectivity index is 1.45. The van der Waals surface area contributed by atoms with Crippen LogP contribution in [0.15, 0.2) is 24.3 Å². The quantitative estimate of drug-likeness (QED) is 0.804. The number of carbonyl (C=O) groups excluding carboxylic acids is 2. The summed E-state index contributed by atoms with van der Waals surface area (Å²) in [5.41, 5.74) is 0.604. The second-order valence-corrected chi connectivity index (χ2v) is 8.10. The van der Waals surface area contributed by atoms with Gasteiger partial charge in [-0.2, -0.15) is 0 Å². The van der Waals surface area contributed by atoms with Crippen LogP contribution in [-0.4, -0.2) is 58.7 Å². The van der Waals surface area contributed by atoms with Crippen LogP contribution in [0.4, 0.5) is 5.69 Å². The summed E-state index contributed by atoms with van der Waals surface area (Å²) in [6.45, 7) is 2.72. The van der Waals surface area contributed by atoms with Crippen LogP contribution in [0.2, 0.25) is 5.02 Å². The largest absolute Gasteiger partial charge is 0.340 e. The molecule has 1 aliphatic heterocycles. The van der Waals surface area contributed by atoms with Crippen molar-refractivity contribution in [2.45, 2.75) is 10.8 Å². The fourth-order valence-electron chi connectivity index (χ4n) is 2.78. The number of carbonyl (C=O) groups is 2. The second kappa shape index (κ2) is 7.08. The molecule has 1 aromatic rings. The molecule has 130 valence electrons. The Morgan fingerprint density at radius 2 is 1.79 bits per heavy atom. The van der Waals surface area contributed by atoms with Gasteiger partial charge in [-0.1, -0.05) is 23.7 Å². The van der Waals surface area contributed by atoms with Crippen LogP contribution < -0.4 is 5.32 Å². The number of piperazine rings is 1. The first-order valence-electron chi connectivity index (χ1n) is 7.80. The summed E-state index contributed by atoms with van der Waals surface area (Å²) in [4.78, 5) is 28.1. The first kappa shape index (κ1) is 17.8. The number of nitrogens with zero attached hydrogens (tertiary/aromatic N) is 2. The molecule has 1 aliphatic carbocycles. The second-order valence-electron chi connectivity index (χ2n) is 6.15. The smallest absolute Gasteiger partial charge is 0.238 e. The summed E-state index contributed by atoms with van der Waals surface area (Å²) >= 11 is 17.9. The van der Waals surface area contributed by atoms with Crippen molar-refractivity contribution in [3.63, 3.8) is 0 Å². The number of para-hydroxylation sites is 1. The zero-order valence-corrected chi connectivity index (χ0v) is 15.2. The predicted octanol–water partition coefficient (Wildman–Crippen LogP) is 2.62. The Morgan fingerprint density at radius 3 is 2.38 bits per heavy atom. The van der Waals surface area contributed by atoms with Gasteiger partial charge in [0.05, 0.1) is 23.2 Å². The van der Waals surface area contributed by atoms with Gasteiger partial charge in [0.1, 0.15) is 4.33 Å². The fraction of sp³-hybridized carbons (Fsp3) is 0.500. The van der Waals surface area contributed by atoms with Gasteiger partial charge in [0.15, 0.2) is 0 Å². The van der Waals surface area contributed by atoms with Gasteiger partial charge >= 0.3 is 0 Å². The average Bonchev–Trinajstić information content (AvgIpc) is 3.18. The van der Waals surface area contributed by atoms with E-state index in [-0.39, 0.29) is 24.3 Å². The van der Waals surface area contributed by atoms with E-state index in [0.29, 0.717) is 43.3 Å². The maximum atomic E-state index is 12.2. The van der Waals surface area contributed by atoms with Crippen molar-refractivity contribution in [1.29, 1.82) is 0 Å². The lowest BCUT2D eigenvalue weighted by molar-refractivity contribution is -0.134. The maximum absolute atomic E-state index is 12.2. The van der Waals surface area contributed by atoms with E-state index in [1.54, 1.807) is 17.0 Å². The lowest BCUT2D eigenvalue weighted by atomic mass is 10.2. The van der Waals surface area contributed by atoms with Crippen LogP contribution in [0.25, 0.3) is 0 Å². The van der Waals surface area contributed by atoms with Crippen LogP contribution in [-0.2, 0) is 9.59 Å². The van der Waals surface area contributed by atoms with E-state index < -0.39 is 4.33 Å². The molecule has 8 heteroatoms. The number of hydrogen-bond donors (Lipinski definition) is 1. The number of benzene rings is 1. The van der Waals surface area contributed by atoms with Gasteiger partial charge in [-0.05, 0) is 18.6 Å². The Hall–Kier alpha value is -1.01. The van der Waals surface area contributed by atoms with E-state index in [0.717, 1.165) is 0 Å². The van der Waals surface area contributed by atoms with Crippen molar-refractivity contribution in [1.82, 2.24) is 9.80 Å². The van der Waals surface area contributed by atoms with E-state index >= 15 is 0 Å². The normalized spacial score (nSPS) is 23.0. The minimum atomic E-state index is -0.886. The number of anilines is 1. The lowest BCUT2D eigenvalue weighted by Crippen LogP contribution is -2.51. The average molecular weight is 391 g/mol. The third-order valence-corrected chi connectivity index (χ3v) is 5.49. The molecule has 0 bridgehead atoms. The fourth-order valence-corrected chi connectivity index (χ4v) is 3.46. The molecule has 0 radical (unpaired) electrons. The van der Waals surface area contributed by atoms with Crippen molar-refractivity contribution >= 4 is 52.3 Å². The Morgan fingerprint density at radius 1 is 1.17 bits per heavy atom. The Kier molecular flexibility index (Phi) is 5.25. The van der Waals surface area contributed by atoms with E-state index in [1.807, 2.05) is 17.0 Å². The molecular formula is C16H18Cl3N3O2. The monoisotopic (exact) mass is 389 g/mol. The minimum absolute atomic E-state index is 0.0140. The van der Waals surface area contributed by atoms with Gasteiger partial charge in [-0.3, -0.25) is 14.5 Å². The van der Waals surface area contributed by atoms with Crippen molar-refractivity contribution in [2.75, 3.05) is 38.0 Å². The minimum Gasteiger partial charge on any atom is -0.340 e. The highest BCUT2D eigenvalue weighted by molar-refractivity contribution is 6.52. The van der Waals surface area contributed by atoms with Gasteiger partial charge in [0, 0.05) is 26.2 Å². The molecule has 1 saturated heterocycles. The first-order valence-corrected chi connectivity index (χ1v) is 8.93. The number of alkyl halides is 2. The molecule has 2 fully saturated rings. The zero-order chi connectivity index (χ0) is 17.3. The molecule has 0 spiro atoms. The molecule has 1 heterocycles. The molecule has 1 N–H and O–H groups in total. The molecule has 1 aromatic carbocycles. The van der Waals surface area contributed by atoms with Crippen LogP contribution >= 0.6 is 34.8 Å². The van der Waals surface area contributed by atoms with Gasteiger partial charge in [0.2, 0.25) is 11.8 Å². The zero-order valence-electron chi connectivity index (χ0n) is 13.0. The van der Waals surface area contributed by atoms with Crippen molar-refractivity contribution < 1.29 is 9.59 Å². The molecule has 3 rings (SSSR count). The Labute approximate surface area is 155 Å². The summed E-state index contributed by atoms with van der Waals surface area (Å²) in [5, 5.41) is 3.31. The van der Waals surface area contributed by atoms with Gasteiger partial charge in [0.25, 0.3) is 0 Å².